The number of rotatable bonds is 26. The molecule has 0 aromatic carbocycles. The van der Waals surface area contributed by atoms with Crippen LogP contribution in [0.25, 0.3) is 44.5 Å². The van der Waals surface area contributed by atoms with Crippen molar-refractivity contribution in [2.45, 2.75) is 86.2 Å². The molecule has 0 aliphatic carbocycles. The van der Waals surface area contributed by atoms with E-state index in [0.29, 0.717) is 16.6 Å². The standard InChI is InChI=1S/C43H57N20O22P3/c1-74-29-26(65)19(82-39(29)61-13-54-23-33(45)52-12-53-34(23)61)9-80-88(72,73)85-28-20(83-41(31(28)76-3)63-15-56-25-36(63)58-43(47)60-38(25)67)10-79-86(68,69)77-7-17(48-4-16-5-49-22-21(16)50-11-51-32(22)44)8-78-87(70,71)84-27-18(6-64)81-40(30(27)75-2)62-14-55-24-35(62)57-42(46)59-37(24)66/h5,11-15,17-20,26-31,39-41,48-49,64-65H,4,6-10H2,1-3H3,(H,68,69)(H,70,71)(H,72,73)(H2,44,50,51)(H2,45,52,53)(H3,46,57,59,66)(H3,47,58,60,67)/t17?,18-,19-,20-,26?,27?,28?,29+,30+,31+,39-,40-,41-/m1/s1. The number of nitrogens with one attached hydrogen (secondary N) is 4. The Morgan fingerprint density at radius 2 is 1.09 bits per heavy atom. The lowest BCUT2D eigenvalue weighted by molar-refractivity contribution is -0.0626. The van der Waals surface area contributed by atoms with Crippen LogP contribution in [0.4, 0.5) is 23.5 Å². The molecule has 0 amide bonds. The zero-order valence-corrected chi connectivity index (χ0v) is 48.6. The first-order valence-electron chi connectivity index (χ1n) is 26.0. The Morgan fingerprint density at radius 3 is 1.69 bits per heavy atom. The maximum Gasteiger partial charge on any atom is 0.472 e. The molecule has 0 saturated carbocycles. The summed E-state index contributed by atoms with van der Waals surface area (Å²) >= 11 is 0. The molecule has 11 rings (SSSR count). The molecule has 45 heteroatoms. The van der Waals surface area contributed by atoms with E-state index in [9.17, 15) is 48.2 Å². The summed E-state index contributed by atoms with van der Waals surface area (Å²) in [5.74, 6) is -0.417. The highest BCUT2D eigenvalue weighted by Crippen LogP contribution is 2.53. The number of ether oxygens (including phenoxy) is 6. The van der Waals surface area contributed by atoms with E-state index >= 15 is 0 Å². The minimum atomic E-state index is -5.36. The minimum Gasteiger partial charge on any atom is -0.394 e. The molecule has 8 aromatic heterocycles. The van der Waals surface area contributed by atoms with Gasteiger partial charge in [0.15, 0.2) is 58.3 Å². The fourth-order valence-electron chi connectivity index (χ4n) is 10.2. The molecule has 8 aromatic rings. The van der Waals surface area contributed by atoms with Crippen LogP contribution in [0, 0.1) is 0 Å². The molecular formula is C43H57N20O22P3. The van der Waals surface area contributed by atoms with Gasteiger partial charge in [0.2, 0.25) is 11.9 Å². The van der Waals surface area contributed by atoms with Crippen molar-refractivity contribution in [1.29, 1.82) is 0 Å². The molecule has 0 spiro atoms. The maximum atomic E-state index is 14.0. The van der Waals surface area contributed by atoms with Crippen LogP contribution >= 0.6 is 23.5 Å². The van der Waals surface area contributed by atoms with Gasteiger partial charge in [0, 0.05) is 39.6 Å². The number of fused-ring (bicyclic) bond motifs is 4. The Balaban J connectivity index is 0.799. The molecule has 17 N–H and O–H groups in total. The molecule has 42 nitrogen and oxygen atoms in total. The van der Waals surface area contributed by atoms with E-state index < -0.39 is 147 Å². The number of hydrogen-bond acceptors (Lipinski definition) is 33. The van der Waals surface area contributed by atoms with Gasteiger partial charge in [-0.25, -0.2) is 48.6 Å². The number of nitrogens with two attached hydrogens (primary N) is 4. The summed E-state index contributed by atoms with van der Waals surface area (Å²) in [4.78, 5) is 104. The van der Waals surface area contributed by atoms with Crippen LogP contribution in [0.15, 0.2) is 47.4 Å². The topological polar surface area (TPSA) is 592 Å². The van der Waals surface area contributed by atoms with Gasteiger partial charge >= 0.3 is 23.5 Å². The van der Waals surface area contributed by atoms with E-state index in [0.717, 1.165) is 13.4 Å². The fourth-order valence-corrected chi connectivity index (χ4v) is 13.0. The second kappa shape index (κ2) is 25.1. The lowest BCUT2D eigenvalue weighted by Gasteiger charge is -2.27. The number of aliphatic hydroxyl groups excluding tert-OH is 2. The van der Waals surface area contributed by atoms with Crippen molar-refractivity contribution in [2.24, 2.45) is 0 Å². The monoisotopic (exact) mass is 1300 g/mol. The zero-order chi connectivity index (χ0) is 62.6. The Hall–Kier alpha value is -6.96. The van der Waals surface area contributed by atoms with Crippen molar-refractivity contribution < 1.29 is 94.2 Å². The van der Waals surface area contributed by atoms with Crippen LogP contribution in [-0.4, -0.2) is 214 Å². The van der Waals surface area contributed by atoms with E-state index in [1.165, 1.54) is 59.4 Å². The maximum absolute atomic E-state index is 14.0. The summed E-state index contributed by atoms with van der Waals surface area (Å²) in [6, 6.07) is -1.32. The van der Waals surface area contributed by atoms with Crippen LogP contribution in [0.2, 0.25) is 0 Å². The second-order valence-corrected chi connectivity index (χ2v) is 24.0. The van der Waals surface area contributed by atoms with E-state index in [-0.39, 0.29) is 63.6 Å². The van der Waals surface area contributed by atoms with Gasteiger partial charge in [-0.2, -0.15) is 9.97 Å². The SMILES string of the molecule is CO[C@H]1C(O)[C@@H](COP(=O)(O)OC2[C@@H](COP(=O)(O)OCC(COP(=O)(O)OC3[C@@H](CO)O[C@@H](n4cnc5c(=O)[nH]c(N)nc54)[C@H]3OC)NCc3c[nH]c4c(N)ncnc34)O[C@@H](n3cnc4c(=O)[nH]c(N)nc43)[C@H]2OC)O[C@H]1n1cnc2c(N)ncnc21. The van der Waals surface area contributed by atoms with Gasteiger partial charge in [-0.15, -0.1) is 0 Å². The Bertz CT molecular complexity index is 4110. The van der Waals surface area contributed by atoms with Crippen LogP contribution in [0.5, 0.6) is 0 Å². The number of hydrogen-bond donors (Lipinski definition) is 13. The number of H-pyrrole nitrogens is 3. The molecule has 3 fully saturated rings. The number of phosphoric acid groups is 3. The number of anilines is 4. The van der Waals surface area contributed by atoms with Gasteiger partial charge in [-0.3, -0.25) is 60.4 Å². The smallest absolute Gasteiger partial charge is 0.394 e. The predicted octanol–water partition coefficient (Wildman–Crippen LogP) is -2.92. The fraction of sp³-hybridized carbons (Fsp3) is 0.512. The number of phosphoric ester groups is 3. The van der Waals surface area contributed by atoms with Crippen LogP contribution < -0.4 is 39.4 Å². The highest BCUT2D eigenvalue weighted by molar-refractivity contribution is 7.48. The molecule has 0 radical (unpaired) electrons. The van der Waals surface area contributed by atoms with Crippen molar-refractivity contribution in [3.05, 3.63) is 64.1 Å². The molecule has 16 atom stereocenters. The first-order chi connectivity index (χ1) is 42.0. The Labute approximate surface area is 490 Å². The van der Waals surface area contributed by atoms with Crippen LogP contribution in [0.3, 0.4) is 0 Å². The molecule has 0 bridgehead atoms. The van der Waals surface area contributed by atoms with Gasteiger partial charge in [0.25, 0.3) is 11.1 Å². The highest BCUT2D eigenvalue weighted by Gasteiger charge is 2.54. The number of aromatic amines is 3. The summed E-state index contributed by atoms with van der Waals surface area (Å²) < 4.78 is 114. The number of aromatic nitrogens is 15. The third-order valence-corrected chi connectivity index (χ3v) is 17.3. The molecule has 7 unspecified atom stereocenters. The predicted molar refractivity (Wildman–Crippen MR) is 294 cm³/mol. The number of aliphatic hydroxyl groups is 2. The van der Waals surface area contributed by atoms with E-state index in [2.05, 4.69) is 65.1 Å². The molecule has 476 valence electrons. The number of methoxy groups -OCH3 is 3. The molecule has 3 aliphatic heterocycles. The average molecular weight is 1300 g/mol. The van der Waals surface area contributed by atoms with Crippen molar-refractivity contribution >= 4 is 91.5 Å². The second-order valence-electron chi connectivity index (χ2n) is 19.7. The molecule has 88 heavy (non-hydrogen) atoms. The summed E-state index contributed by atoms with van der Waals surface area (Å²) in [6.07, 6.45) is -9.39. The van der Waals surface area contributed by atoms with Crippen LogP contribution in [-0.2, 0) is 75.8 Å². The van der Waals surface area contributed by atoms with Gasteiger partial charge in [-0.1, -0.05) is 0 Å². The van der Waals surface area contributed by atoms with Crippen LogP contribution in [0.1, 0.15) is 24.2 Å². The minimum absolute atomic E-state index is 0.0504. The lowest BCUT2D eigenvalue weighted by atomic mass is 10.1. The summed E-state index contributed by atoms with van der Waals surface area (Å²) in [5.41, 5.74) is 23.3. The Morgan fingerprint density at radius 1 is 0.602 bits per heavy atom. The third kappa shape index (κ3) is 12.5. The first-order valence-corrected chi connectivity index (χ1v) is 30.4. The molecule has 3 saturated heterocycles. The highest BCUT2D eigenvalue weighted by atomic mass is 31.2. The zero-order valence-electron chi connectivity index (χ0n) is 45.9. The van der Waals surface area contributed by atoms with Gasteiger partial charge < -0.3 is 86.5 Å². The molecule has 3 aliphatic rings. The van der Waals surface area contributed by atoms with E-state index in [4.69, 9.17) is 78.5 Å². The van der Waals surface area contributed by atoms with E-state index in [1.807, 2.05) is 0 Å². The normalized spacial score (nSPS) is 27.4. The third-order valence-electron chi connectivity index (χ3n) is 14.3. The quantitative estimate of drug-likeness (QED) is 0.0242. The lowest BCUT2D eigenvalue weighted by Crippen LogP contribution is -2.39. The summed E-state index contributed by atoms with van der Waals surface area (Å²) in [6.45, 7) is -4.39. The van der Waals surface area contributed by atoms with Crippen molar-refractivity contribution in [2.75, 3.05) is 77.3 Å². The summed E-state index contributed by atoms with van der Waals surface area (Å²) in [7, 11) is -12.3. The van der Waals surface area contributed by atoms with Gasteiger partial charge in [0.05, 0.1) is 63.6 Å². The number of imidazole rings is 3. The average Bonchev–Trinajstić information content (AvgIpc) is 2.43. The van der Waals surface area contributed by atoms with Crippen molar-refractivity contribution in [3.63, 3.8) is 0 Å². The van der Waals surface area contributed by atoms with Crippen molar-refractivity contribution in [1.82, 2.24) is 78.8 Å². The summed E-state index contributed by atoms with van der Waals surface area (Å²) in [5, 5.41) is 24.6. The Kier molecular flexibility index (Phi) is 17.9. The number of nitrogen functional groups attached to an aromatic ring is 4. The first kappa shape index (κ1) is 62.6. The van der Waals surface area contributed by atoms with Gasteiger partial charge in [0.1, 0.15) is 78.6 Å². The molecule has 11 heterocycles. The van der Waals surface area contributed by atoms with E-state index in [1.54, 1.807) is 0 Å². The number of nitrogens with zero attached hydrogens (tertiary/aromatic N) is 12. The van der Waals surface area contributed by atoms with Crippen molar-refractivity contribution in [3.8, 4) is 0 Å². The largest absolute Gasteiger partial charge is 0.472 e. The molecular weight excluding hydrogens is 1240 g/mol. The van der Waals surface area contributed by atoms with Gasteiger partial charge in [-0.05, 0) is 0 Å².